The van der Waals surface area contributed by atoms with E-state index in [4.69, 9.17) is 0 Å². The average molecular weight is 214 g/mol. The fraction of sp³-hybridized carbons (Fsp3) is 0.900. The molecular weight excluding hydrogens is 192 g/mol. The fourth-order valence-electron chi connectivity index (χ4n) is 1.57. The monoisotopic (exact) mass is 214 g/mol. The Morgan fingerprint density at radius 3 is 2.87 bits per heavy atom. The quantitative estimate of drug-likeness (QED) is 0.494. The molecule has 1 aliphatic heterocycles. The predicted octanol–water partition coefficient (Wildman–Crippen LogP) is -1.38. The first kappa shape index (κ1) is 12.4. The first-order valence-corrected chi connectivity index (χ1v) is 5.56. The van der Waals surface area contributed by atoms with Crippen molar-refractivity contribution in [2.24, 2.45) is 0 Å². The smallest absolute Gasteiger partial charge is 0.238 e. The molecule has 0 aromatic heterocycles. The minimum absolute atomic E-state index is 0.0573. The van der Waals surface area contributed by atoms with Crippen LogP contribution in [-0.2, 0) is 4.79 Å². The van der Waals surface area contributed by atoms with Gasteiger partial charge < -0.3 is 20.9 Å². The lowest BCUT2D eigenvalue weighted by atomic mass is 10.2. The van der Waals surface area contributed by atoms with Gasteiger partial charge in [0.15, 0.2) is 0 Å². The molecule has 1 fully saturated rings. The summed E-state index contributed by atoms with van der Waals surface area (Å²) in [7, 11) is 4.07. The molecule has 1 atom stereocenters. The summed E-state index contributed by atoms with van der Waals surface area (Å²) in [5, 5.41) is 9.32. The van der Waals surface area contributed by atoms with Gasteiger partial charge in [0.1, 0.15) is 0 Å². The van der Waals surface area contributed by atoms with Gasteiger partial charge >= 0.3 is 0 Å². The minimum Gasteiger partial charge on any atom is -0.355 e. The van der Waals surface area contributed by atoms with Gasteiger partial charge in [-0.05, 0) is 27.1 Å². The van der Waals surface area contributed by atoms with Crippen LogP contribution in [0.25, 0.3) is 0 Å². The highest BCUT2D eigenvalue weighted by Gasteiger charge is 2.19. The van der Waals surface area contributed by atoms with Gasteiger partial charge in [-0.2, -0.15) is 0 Å². The van der Waals surface area contributed by atoms with E-state index >= 15 is 0 Å². The summed E-state index contributed by atoms with van der Waals surface area (Å²) >= 11 is 0. The van der Waals surface area contributed by atoms with Crippen LogP contribution in [0.1, 0.15) is 6.42 Å². The third kappa shape index (κ3) is 5.11. The van der Waals surface area contributed by atoms with Crippen LogP contribution in [0.4, 0.5) is 0 Å². The maximum Gasteiger partial charge on any atom is 0.238 e. The van der Waals surface area contributed by atoms with Gasteiger partial charge in [0.25, 0.3) is 0 Å². The summed E-state index contributed by atoms with van der Waals surface area (Å²) < 4.78 is 0. The van der Waals surface area contributed by atoms with E-state index in [1.165, 1.54) is 0 Å². The van der Waals surface area contributed by atoms with E-state index in [1.807, 2.05) is 14.1 Å². The molecule has 0 aromatic carbocycles. The highest BCUT2D eigenvalue weighted by atomic mass is 16.2. The Hall–Kier alpha value is -0.650. The molecular formula is C10H22N4O. The highest BCUT2D eigenvalue weighted by molar-refractivity contribution is 5.82. The van der Waals surface area contributed by atoms with Crippen LogP contribution in [0.2, 0.25) is 0 Å². The molecule has 0 aromatic rings. The van der Waals surface area contributed by atoms with Crippen LogP contribution in [0.5, 0.6) is 0 Å². The molecule has 1 rings (SSSR count). The molecule has 1 amide bonds. The van der Waals surface area contributed by atoms with Gasteiger partial charge in [0.2, 0.25) is 5.91 Å². The van der Waals surface area contributed by atoms with Crippen LogP contribution < -0.4 is 16.0 Å². The number of carbonyl (C=O) groups excluding carboxylic acids is 1. The molecule has 3 N–H and O–H groups in total. The predicted molar refractivity (Wildman–Crippen MR) is 60.8 cm³/mol. The molecule has 1 saturated heterocycles. The second kappa shape index (κ2) is 6.76. The lowest BCUT2D eigenvalue weighted by molar-refractivity contribution is -0.123. The number of amides is 1. The second-order valence-electron chi connectivity index (χ2n) is 4.16. The topological polar surface area (TPSA) is 56.4 Å². The first-order valence-electron chi connectivity index (χ1n) is 5.56. The zero-order chi connectivity index (χ0) is 11.1. The number of nitrogens with one attached hydrogen (secondary N) is 3. The van der Waals surface area contributed by atoms with Crippen molar-refractivity contribution in [2.75, 3.05) is 46.8 Å². The summed E-state index contributed by atoms with van der Waals surface area (Å²) in [6.07, 6.45) is 0.999. The lowest BCUT2D eigenvalue weighted by Gasteiger charge is -2.23. The number of piperazine rings is 1. The minimum atomic E-state index is -0.0573. The van der Waals surface area contributed by atoms with E-state index in [2.05, 4.69) is 20.9 Å². The molecule has 88 valence electrons. The van der Waals surface area contributed by atoms with Gasteiger partial charge in [-0.15, -0.1) is 0 Å². The summed E-state index contributed by atoms with van der Waals surface area (Å²) in [6, 6.07) is -0.0573. The Bertz CT molecular complexity index is 190. The third-order valence-corrected chi connectivity index (χ3v) is 2.44. The summed E-state index contributed by atoms with van der Waals surface area (Å²) in [5.41, 5.74) is 0. The molecule has 5 nitrogen and oxygen atoms in total. The highest BCUT2D eigenvalue weighted by Crippen LogP contribution is 1.88. The van der Waals surface area contributed by atoms with E-state index in [-0.39, 0.29) is 11.9 Å². The van der Waals surface area contributed by atoms with E-state index in [9.17, 15) is 4.79 Å². The van der Waals surface area contributed by atoms with Crippen molar-refractivity contribution in [3.8, 4) is 0 Å². The molecule has 1 heterocycles. The molecule has 0 spiro atoms. The number of rotatable bonds is 5. The number of nitrogens with zero attached hydrogens (tertiary/aromatic N) is 1. The van der Waals surface area contributed by atoms with Crippen molar-refractivity contribution in [3.63, 3.8) is 0 Å². The summed E-state index contributed by atoms with van der Waals surface area (Å²) in [5.74, 6) is 0.112. The van der Waals surface area contributed by atoms with Crippen molar-refractivity contribution >= 4 is 5.91 Å². The zero-order valence-electron chi connectivity index (χ0n) is 9.68. The zero-order valence-corrected chi connectivity index (χ0v) is 9.68. The van der Waals surface area contributed by atoms with Crippen LogP contribution in [0, 0.1) is 0 Å². The van der Waals surface area contributed by atoms with Crippen molar-refractivity contribution in [1.29, 1.82) is 0 Å². The van der Waals surface area contributed by atoms with Gasteiger partial charge in [0, 0.05) is 26.2 Å². The molecule has 15 heavy (non-hydrogen) atoms. The Morgan fingerprint density at radius 1 is 1.47 bits per heavy atom. The third-order valence-electron chi connectivity index (χ3n) is 2.44. The Balaban J connectivity index is 2.07. The number of hydrogen-bond acceptors (Lipinski definition) is 4. The van der Waals surface area contributed by atoms with Gasteiger partial charge in [-0.1, -0.05) is 0 Å². The standard InChI is InChI=1S/C10H22N4O/c1-14(2)7-3-4-13-10(15)9-8-11-5-6-12-9/h9,11-12H,3-8H2,1-2H3,(H,13,15). The Morgan fingerprint density at radius 2 is 2.27 bits per heavy atom. The van der Waals surface area contributed by atoms with E-state index in [0.29, 0.717) is 0 Å². The van der Waals surface area contributed by atoms with Crippen molar-refractivity contribution in [2.45, 2.75) is 12.5 Å². The van der Waals surface area contributed by atoms with Crippen molar-refractivity contribution in [1.82, 2.24) is 20.9 Å². The van der Waals surface area contributed by atoms with Crippen LogP contribution >= 0.6 is 0 Å². The number of carbonyl (C=O) groups is 1. The second-order valence-corrected chi connectivity index (χ2v) is 4.16. The van der Waals surface area contributed by atoms with Crippen LogP contribution in [0.3, 0.4) is 0 Å². The van der Waals surface area contributed by atoms with E-state index < -0.39 is 0 Å². The Labute approximate surface area is 91.6 Å². The van der Waals surface area contributed by atoms with Crippen molar-refractivity contribution < 1.29 is 4.79 Å². The summed E-state index contributed by atoms with van der Waals surface area (Å²) in [6.45, 7) is 4.32. The van der Waals surface area contributed by atoms with Crippen LogP contribution in [-0.4, -0.2) is 63.7 Å². The van der Waals surface area contributed by atoms with E-state index in [0.717, 1.165) is 39.1 Å². The maximum absolute atomic E-state index is 11.6. The first-order chi connectivity index (χ1) is 7.20. The SMILES string of the molecule is CN(C)CCCNC(=O)C1CNCCN1. The fourth-order valence-corrected chi connectivity index (χ4v) is 1.57. The number of hydrogen-bond donors (Lipinski definition) is 3. The molecule has 1 aliphatic rings. The van der Waals surface area contributed by atoms with Gasteiger partial charge in [-0.3, -0.25) is 4.79 Å². The van der Waals surface area contributed by atoms with Crippen molar-refractivity contribution in [3.05, 3.63) is 0 Å². The van der Waals surface area contributed by atoms with E-state index in [1.54, 1.807) is 0 Å². The average Bonchev–Trinajstić information content (AvgIpc) is 2.25. The maximum atomic E-state index is 11.6. The normalized spacial score (nSPS) is 21.7. The molecule has 0 aliphatic carbocycles. The lowest BCUT2D eigenvalue weighted by Crippen LogP contribution is -2.55. The Kier molecular flexibility index (Phi) is 5.60. The van der Waals surface area contributed by atoms with Gasteiger partial charge in [0.05, 0.1) is 6.04 Å². The molecule has 0 radical (unpaired) electrons. The summed E-state index contributed by atoms with van der Waals surface area (Å²) in [4.78, 5) is 13.7. The van der Waals surface area contributed by atoms with Crippen LogP contribution in [0.15, 0.2) is 0 Å². The molecule has 0 bridgehead atoms. The molecule has 5 heteroatoms. The molecule has 1 unspecified atom stereocenters. The largest absolute Gasteiger partial charge is 0.355 e. The van der Waals surface area contributed by atoms with Gasteiger partial charge in [-0.25, -0.2) is 0 Å². The molecule has 0 saturated carbocycles.